The third-order valence-electron chi connectivity index (χ3n) is 12.3. The average molecular weight is 908 g/mol. The van der Waals surface area contributed by atoms with Gasteiger partial charge < -0.3 is 36.3 Å². The van der Waals surface area contributed by atoms with Crippen LogP contribution in [-0.4, -0.2) is 99.7 Å². The maximum Gasteiger partial charge on any atom is 0.433 e. The van der Waals surface area contributed by atoms with Crippen molar-refractivity contribution in [2.24, 2.45) is 17.1 Å². The number of aliphatic hydroxyl groups excluding tert-OH is 1. The maximum atomic E-state index is 13.0. The number of aliphatic hydroxyl groups is 2. The van der Waals surface area contributed by atoms with Gasteiger partial charge in [0.1, 0.15) is 17.7 Å². The fraction of sp³-hybridized carbons (Fsp3) is 0.500. The molecule has 2 aliphatic heterocycles. The van der Waals surface area contributed by atoms with Crippen molar-refractivity contribution in [1.29, 1.82) is 0 Å². The molecule has 1 spiro atoms. The van der Waals surface area contributed by atoms with Gasteiger partial charge in [-0.2, -0.15) is 13.2 Å². The Morgan fingerprint density at radius 2 is 1.69 bits per heavy atom. The Morgan fingerprint density at radius 3 is 2.31 bits per heavy atom. The van der Waals surface area contributed by atoms with Gasteiger partial charge in [-0.25, -0.2) is 9.97 Å². The van der Waals surface area contributed by atoms with E-state index in [4.69, 9.17) is 15.8 Å². The first-order valence-electron chi connectivity index (χ1n) is 21.5. The van der Waals surface area contributed by atoms with E-state index in [0.29, 0.717) is 46.0 Å². The Morgan fingerprint density at radius 1 is 1.00 bits per heavy atom. The first-order chi connectivity index (χ1) is 30.4. The molecule has 4 aromatic rings. The largest absolute Gasteiger partial charge is 0.433 e. The summed E-state index contributed by atoms with van der Waals surface area (Å²) in [5.41, 5.74) is 5.62. The van der Waals surface area contributed by atoms with E-state index < -0.39 is 47.1 Å². The molecule has 64 heavy (non-hydrogen) atoms. The standard InChI is InChI=1S/C23H24F3N3O2S.C22H28N4O4.CH4O/c1-22(2,31)14-11-17-18(32-21(29-17)13-7-4-3-5-8-13)12-16(14)28-20(30)15-9-6-10-19(27-15)23(24,25)26;1-25-12-22(13-25)9-14(10-22)7-8-24-17-4-2-3-16-19(17)21(30)26(20(16)29)15(11-27)5-6-18(23)28;1-2/h6,9-13,31H,3-5,7-8H2,1-2H3,(H,28,30);2-4,11,14-15,24H,5-10,12-13H2,1H3,(H2,23,28);2H,1H3. The molecule has 1 atom stereocenters. The van der Waals surface area contributed by atoms with Gasteiger partial charge >= 0.3 is 6.18 Å². The minimum Gasteiger partial charge on any atom is -0.400 e. The number of likely N-dealkylation sites (tertiary alicyclic amines) is 1. The van der Waals surface area contributed by atoms with Crippen LogP contribution in [0.5, 0.6) is 0 Å². The number of thiazole rings is 1. The monoisotopic (exact) mass is 907 g/mol. The number of aromatic nitrogens is 2. The van der Waals surface area contributed by atoms with Crippen molar-refractivity contribution >= 4 is 62.8 Å². The Hall–Kier alpha value is -5.30. The lowest BCUT2D eigenvalue weighted by atomic mass is 9.57. The van der Waals surface area contributed by atoms with Crippen molar-refractivity contribution in [3.8, 4) is 0 Å². The van der Waals surface area contributed by atoms with Crippen molar-refractivity contribution in [3.63, 3.8) is 0 Å². The zero-order valence-corrected chi connectivity index (χ0v) is 37.3. The van der Waals surface area contributed by atoms with Crippen molar-refractivity contribution in [2.45, 2.75) is 102 Å². The highest BCUT2D eigenvalue weighted by Gasteiger charge is 2.50. The molecule has 6 N–H and O–H groups in total. The highest BCUT2D eigenvalue weighted by atomic mass is 32.1. The average Bonchev–Trinajstić information content (AvgIpc) is 3.77. The second kappa shape index (κ2) is 19.8. The fourth-order valence-corrected chi connectivity index (χ4v) is 10.6. The number of primary amides is 1. The van der Waals surface area contributed by atoms with E-state index in [-0.39, 0.29) is 24.1 Å². The molecule has 4 heterocycles. The van der Waals surface area contributed by atoms with Crippen LogP contribution in [0, 0.1) is 11.3 Å². The number of fused-ring (bicyclic) bond motifs is 2. The van der Waals surface area contributed by atoms with Crippen LogP contribution in [-0.2, 0) is 21.4 Å². The van der Waals surface area contributed by atoms with Gasteiger partial charge in [0.15, 0.2) is 0 Å². The molecular weight excluding hydrogens is 852 g/mol. The molecule has 344 valence electrons. The summed E-state index contributed by atoms with van der Waals surface area (Å²) in [5, 5.41) is 24.7. The van der Waals surface area contributed by atoms with Crippen molar-refractivity contribution in [1.82, 2.24) is 19.8 Å². The summed E-state index contributed by atoms with van der Waals surface area (Å²) in [7, 11) is 3.15. The lowest BCUT2D eigenvalue weighted by Gasteiger charge is -2.58. The van der Waals surface area contributed by atoms with Crippen LogP contribution >= 0.6 is 11.3 Å². The molecule has 0 radical (unpaired) electrons. The van der Waals surface area contributed by atoms with Crippen LogP contribution in [0.25, 0.3) is 10.2 Å². The second-order valence-electron chi connectivity index (χ2n) is 17.8. The quantitative estimate of drug-likeness (QED) is 0.0675. The number of nitrogens with one attached hydrogen (secondary N) is 2. The van der Waals surface area contributed by atoms with Gasteiger partial charge in [-0.15, -0.1) is 11.3 Å². The van der Waals surface area contributed by atoms with E-state index in [1.165, 1.54) is 51.3 Å². The second-order valence-corrected chi connectivity index (χ2v) is 18.8. The van der Waals surface area contributed by atoms with Crippen molar-refractivity contribution < 1.29 is 47.4 Å². The van der Waals surface area contributed by atoms with E-state index in [1.54, 1.807) is 55.5 Å². The number of anilines is 2. The van der Waals surface area contributed by atoms with E-state index in [9.17, 15) is 42.3 Å². The molecule has 8 rings (SSSR count). The summed E-state index contributed by atoms with van der Waals surface area (Å²) in [4.78, 5) is 72.6. The Bertz CT molecular complexity index is 2360. The molecule has 0 bridgehead atoms. The number of rotatable bonds is 13. The number of hydrogen-bond donors (Lipinski definition) is 5. The first-order valence-corrected chi connectivity index (χ1v) is 22.3. The van der Waals surface area contributed by atoms with Crippen LogP contribution in [0.4, 0.5) is 24.5 Å². The van der Waals surface area contributed by atoms with Gasteiger partial charge in [0.25, 0.3) is 17.7 Å². The minimum atomic E-state index is -4.65. The SMILES string of the molecule is CC(C)(O)c1cc2nc(C3CCCCC3)sc2cc1NC(=O)c1cccc(C(F)(F)F)n1.CN1CC2(CC(CCNc3cccc4c3C(=O)N(C(C=O)CCC(N)=O)C4=O)C2)C1.CO. The third-order valence-corrected chi connectivity index (χ3v) is 13.5. The van der Waals surface area contributed by atoms with E-state index >= 15 is 0 Å². The third kappa shape index (κ3) is 10.8. The van der Waals surface area contributed by atoms with Gasteiger partial charge in [0.05, 0.1) is 38.0 Å². The number of carbonyl (C=O) groups excluding carboxylic acids is 5. The molecular formula is C46H56F3N7O7S. The van der Waals surface area contributed by atoms with Crippen molar-refractivity contribution in [3.05, 3.63) is 81.6 Å². The van der Waals surface area contributed by atoms with Gasteiger partial charge in [-0.1, -0.05) is 31.4 Å². The number of amides is 4. The molecule has 4 amide bonds. The summed E-state index contributed by atoms with van der Waals surface area (Å²) in [6, 6.07) is 10.8. The topological polar surface area (TPSA) is 208 Å². The number of carbonyl (C=O) groups is 5. The summed E-state index contributed by atoms with van der Waals surface area (Å²) in [6.07, 6.45) is 5.20. The van der Waals surface area contributed by atoms with Gasteiger partial charge in [0, 0.05) is 56.0 Å². The summed E-state index contributed by atoms with van der Waals surface area (Å²) >= 11 is 1.56. The van der Waals surface area contributed by atoms with E-state index in [1.807, 2.05) is 0 Å². The summed E-state index contributed by atoms with van der Waals surface area (Å²) < 4.78 is 39.8. The molecule has 14 nitrogen and oxygen atoms in total. The predicted octanol–water partition coefficient (Wildman–Crippen LogP) is 7.11. The summed E-state index contributed by atoms with van der Waals surface area (Å²) in [6.45, 7) is 6.29. The molecule has 1 unspecified atom stereocenters. The summed E-state index contributed by atoms with van der Waals surface area (Å²) in [5.74, 6) is -1.25. The van der Waals surface area contributed by atoms with Gasteiger partial charge in [-0.3, -0.25) is 24.1 Å². The van der Waals surface area contributed by atoms with Gasteiger partial charge in [0.2, 0.25) is 5.91 Å². The molecule has 2 aromatic heterocycles. The van der Waals surface area contributed by atoms with E-state index in [2.05, 4.69) is 27.6 Å². The highest BCUT2D eigenvalue weighted by Crippen LogP contribution is 2.52. The van der Waals surface area contributed by atoms with Gasteiger partial charge in [-0.05, 0) is 107 Å². The van der Waals surface area contributed by atoms with E-state index in [0.717, 1.165) is 65.2 Å². The van der Waals surface area contributed by atoms with Crippen LogP contribution in [0.15, 0.2) is 48.5 Å². The Balaban J connectivity index is 0.000000205. The minimum absolute atomic E-state index is 0.0334. The number of alkyl halides is 3. The molecule has 2 aliphatic carbocycles. The molecule has 4 aliphatic rings. The maximum absolute atomic E-state index is 13.0. The zero-order valence-electron chi connectivity index (χ0n) is 36.5. The number of hydrogen-bond acceptors (Lipinski definition) is 12. The van der Waals surface area contributed by atoms with Crippen LogP contribution in [0.2, 0.25) is 0 Å². The lowest BCUT2D eigenvalue weighted by Crippen LogP contribution is -2.60. The van der Waals surface area contributed by atoms with Crippen LogP contribution in [0.1, 0.15) is 131 Å². The number of halogens is 3. The normalized spacial score (nSPS) is 17.9. The van der Waals surface area contributed by atoms with Crippen LogP contribution in [0.3, 0.4) is 0 Å². The molecule has 18 heteroatoms. The molecule has 3 fully saturated rings. The van der Waals surface area contributed by atoms with Crippen molar-refractivity contribution in [2.75, 3.05) is 44.4 Å². The molecule has 1 saturated heterocycles. The zero-order chi connectivity index (χ0) is 46.6. The fourth-order valence-electron chi connectivity index (χ4n) is 9.47. The number of benzene rings is 2. The highest BCUT2D eigenvalue weighted by molar-refractivity contribution is 7.18. The molecule has 2 saturated carbocycles. The predicted molar refractivity (Wildman–Crippen MR) is 237 cm³/mol. The lowest BCUT2D eigenvalue weighted by molar-refractivity contribution is -0.141. The Labute approximate surface area is 373 Å². The smallest absolute Gasteiger partial charge is 0.400 e. The van der Waals surface area contributed by atoms with Crippen LogP contribution < -0.4 is 16.4 Å². The Kier molecular flexibility index (Phi) is 14.9. The molecule has 2 aromatic carbocycles. The number of nitrogens with two attached hydrogens (primary N) is 1. The first kappa shape index (κ1) is 48.2. The number of nitrogens with zero attached hydrogens (tertiary/aromatic N) is 4. The number of pyridine rings is 1. The number of imide groups is 1. The number of aldehydes is 1.